The van der Waals surface area contributed by atoms with Crippen LogP contribution in [0.1, 0.15) is 47.0 Å². The van der Waals surface area contributed by atoms with Crippen molar-refractivity contribution in [3.05, 3.63) is 0 Å². The van der Waals surface area contributed by atoms with E-state index >= 15 is 0 Å². The average Bonchev–Trinajstić information content (AvgIpc) is 2.14. The van der Waals surface area contributed by atoms with Crippen molar-refractivity contribution in [1.29, 1.82) is 0 Å². The number of nitrogens with zero attached hydrogens (tertiary/aromatic N) is 1. The van der Waals surface area contributed by atoms with E-state index in [1.807, 2.05) is 0 Å². The molecule has 0 aliphatic carbocycles. The van der Waals surface area contributed by atoms with E-state index in [2.05, 4.69) is 32.6 Å². The molecular formula is C12H25NO. The van der Waals surface area contributed by atoms with Gasteiger partial charge in [-0.25, -0.2) is 0 Å². The summed E-state index contributed by atoms with van der Waals surface area (Å²) in [6.45, 7) is 11.9. The molecule has 0 N–H and O–H groups in total. The molecule has 14 heavy (non-hydrogen) atoms. The van der Waals surface area contributed by atoms with Crippen LogP contribution in [0.4, 0.5) is 0 Å². The highest BCUT2D eigenvalue weighted by molar-refractivity contribution is 4.70. The SMILES string of the molecule is CCC1CCN(COC(C)(C)C)CC1. The molecule has 0 aromatic rings. The molecule has 0 spiro atoms. The van der Waals surface area contributed by atoms with Crippen LogP contribution in [-0.2, 0) is 4.74 Å². The van der Waals surface area contributed by atoms with Crippen LogP contribution in [-0.4, -0.2) is 30.3 Å². The standard InChI is InChI=1S/C12H25NO/c1-5-11-6-8-13(9-7-11)10-14-12(2,3)4/h11H,5-10H2,1-4H3. The molecule has 2 heteroatoms. The van der Waals surface area contributed by atoms with Gasteiger partial charge in [0.1, 0.15) is 0 Å². The first-order valence-electron chi connectivity index (χ1n) is 5.87. The Labute approximate surface area is 88.6 Å². The van der Waals surface area contributed by atoms with Crippen LogP contribution in [0.15, 0.2) is 0 Å². The van der Waals surface area contributed by atoms with Gasteiger partial charge in [-0.2, -0.15) is 0 Å². The third-order valence-corrected chi connectivity index (χ3v) is 2.96. The summed E-state index contributed by atoms with van der Waals surface area (Å²) in [6.07, 6.45) is 4.04. The van der Waals surface area contributed by atoms with Crippen molar-refractivity contribution in [3.8, 4) is 0 Å². The predicted molar refractivity (Wildman–Crippen MR) is 60.3 cm³/mol. The summed E-state index contributed by atoms with van der Waals surface area (Å²) in [5.74, 6) is 0.959. The van der Waals surface area contributed by atoms with E-state index in [0.29, 0.717) is 0 Å². The molecule has 1 heterocycles. The van der Waals surface area contributed by atoms with Crippen LogP contribution >= 0.6 is 0 Å². The molecule has 0 bridgehead atoms. The van der Waals surface area contributed by atoms with E-state index in [9.17, 15) is 0 Å². The van der Waals surface area contributed by atoms with Gasteiger partial charge >= 0.3 is 0 Å². The van der Waals surface area contributed by atoms with Crippen molar-refractivity contribution in [2.45, 2.75) is 52.6 Å². The summed E-state index contributed by atoms with van der Waals surface area (Å²) in [7, 11) is 0. The van der Waals surface area contributed by atoms with Crippen molar-refractivity contribution >= 4 is 0 Å². The van der Waals surface area contributed by atoms with Gasteiger partial charge in [0.25, 0.3) is 0 Å². The van der Waals surface area contributed by atoms with Crippen molar-refractivity contribution in [1.82, 2.24) is 4.90 Å². The molecule has 0 aromatic carbocycles. The Balaban J connectivity index is 2.16. The first kappa shape index (κ1) is 12.0. The van der Waals surface area contributed by atoms with Crippen molar-refractivity contribution in [2.75, 3.05) is 19.8 Å². The summed E-state index contributed by atoms with van der Waals surface area (Å²) in [5, 5.41) is 0. The molecule has 84 valence electrons. The Morgan fingerprint density at radius 3 is 2.21 bits per heavy atom. The van der Waals surface area contributed by atoms with E-state index in [0.717, 1.165) is 12.6 Å². The number of ether oxygens (including phenoxy) is 1. The zero-order valence-corrected chi connectivity index (χ0v) is 10.2. The van der Waals surface area contributed by atoms with Gasteiger partial charge in [0.15, 0.2) is 0 Å². The minimum atomic E-state index is 0.00159. The molecule has 1 aliphatic heterocycles. The van der Waals surface area contributed by atoms with Crippen molar-refractivity contribution in [2.24, 2.45) is 5.92 Å². The predicted octanol–water partition coefficient (Wildman–Crippen LogP) is 2.88. The normalized spacial score (nSPS) is 21.4. The van der Waals surface area contributed by atoms with E-state index in [1.54, 1.807) is 0 Å². The average molecular weight is 199 g/mol. The smallest absolute Gasteiger partial charge is 0.0997 e. The molecule has 1 rings (SSSR count). The zero-order chi connectivity index (χ0) is 10.6. The summed E-state index contributed by atoms with van der Waals surface area (Å²) in [6, 6.07) is 0. The highest BCUT2D eigenvalue weighted by atomic mass is 16.5. The Morgan fingerprint density at radius 2 is 1.79 bits per heavy atom. The second kappa shape index (κ2) is 5.13. The lowest BCUT2D eigenvalue weighted by molar-refractivity contribution is -0.0712. The Hall–Kier alpha value is -0.0800. The van der Waals surface area contributed by atoms with E-state index in [4.69, 9.17) is 4.74 Å². The maximum atomic E-state index is 5.76. The molecule has 0 radical (unpaired) electrons. The molecule has 0 aromatic heterocycles. The Kier molecular flexibility index (Phi) is 4.39. The maximum Gasteiger partial charge on any atom is 0.0997 e. The summed E-state index contributed by atoms with van der Waals surface area (Å²) >= 11 is 0. The fourth-order valence-electron chi connectivity index (χ4n) is 1.81. The van der Waals surface area contributed by atoms with Gasteiger partial charge in [-0.15, -0.1) is 0 Å². The van der Waals surface area contributed by atoms with E-state index < -0.39 is 0 Å². The summed E-state index contributed by atoms with van der Waals surface area (Å²) < 4.78 is 5.76. The summed E-state index contributed by atoms with van der Waals surface area (Å²) in [5.41, 5.74) is 0.00159. The van der Waals surface area contributed by atoms with Gasteiger partial charge < -0.3 is 4.74 Å². The highest BCUT2D eigenvalue weighted by Gasteiger charge is 2.19. The minimum Gasteiger partial charge on any atom is -0.360 e. The molecule has 0 saturated carbocycles. The van der Waals surface area contributed by atoms with Gasteiger partial charge in [0.2, 0.25) is 0 Å². The lowest BCUT2D eigenvalue weighted by atomic mass is 9.95. The van der Waals surface area contributed by atoms with Gasteiger partial charge in [-0.1, -0.05) is 13.3 Å². The molecule has 1 saturated heterocycles. The number of hydrogen-bond acceptors (Lipinski definition) is 2. The maximum absolute atomic E-state index is 5.76. The second-order valence-electron chi connectivity index (χ2n) is 5.36. The van der Waals surface area contributed by atoms with Gasteiger partial charge in [-0.3, -0.25) is 4.90 Å². The number of likely N-dealkylation sites (tertiary alicyclic amines) is 1. The van der Waals surface area contributed by atoms with Crippen LogP contribution < -0.4 is 0 Å². The third kappa shape index (κ3) is 4.43. The third-order valence-electron chi connectivity index (χ3n) is 2.96. The van der Waals surface area contributed by atoms with Gasteiger partial charge in [0.05, 0.1) is 12.3 Å². The topological polar surface area (TPSA) is 12.5 Å². The molecule has 0 unspecified atom stereocenters. The van der Waals surface area contributed by atoms with Crippen LogP contribution in [0.3, 0.4) is 0 Å². The van der Waals surface area contributed by atoms with Crippen molar-refractivity contribution < 1.29 is 4.74 Å². The lowest BCUT2D eigenvalue weighted by Gasteiger charge is -2.33. The monoisotopic (exact) mass is 199 g/mol. The lowest BCUT2D eigenvalue weighted by Crippen LogP contribution is -2.37. The molecule has 0 atom stereocenters. The first-order valence-corrected chi connectivity index (χ1v) is 5.87. The highest BCUT2D eigenvalue weighted by Crippen LogP contribution is 2.20. The number of hydrogen-bond donors (Lipinski definition) is 0. The fourth-order valence-corrected chi connectivity index (χ4v) is 1.81. The van der Waals surface area contributed by atoms with Crippen LogP contribution in [0, 0.1) is 5.92 Å². The second-order valence-corrected chi connectivity index (χ2v) is 5.36. The zero-order valence-electron chi connectivity index (χ0n) is 10.2. The largest absolute Gasteiger partial charge is 0.360 e. The Morgan fingerprint density at radius 1 is 1.21 bits per heavy atom. The fraction of sp³-hybridized carbons (Fsp3) is 1.00. The number of piperidine rings is 1. The number of rotatable bonds is 3. The summed E-state index contributed by atoms with van der Waals surface area (Å²) in [4.78, 5) is 2.43. The first-order chi connectivity index (χ1) is 6.51. The molecule has 2 nitrogen and oxygen atoms in total. The van der Waals surface area contributed by atoms with E-state index in [-0.39, 0.29) is 5.60 Å². The molecule has 0 amide bonds. The van der Waals surface area contributed by atoms with Crippen molar-refractivity contribution in [3.63, 3.8) is 0 Å². The van der Waals surface area contributed by atoms with Gasteiger partial charge in [-0.05, 0) is 39.5 Å². The van der Waals surface area contributed by atoms with E-state index in [1.165, 1.54) is 32.4 Å². The van der Waals surface area contributed by atoms with Crippen LogP contribution in [0.25, 0.3) is 0 Å². The molecule has 1 fully saturated rings. The molecule has 1 aliphatic rings. The van der Waals surface area contributed by atoms with Crippen LogP contribution in [0.5, 0.6) is 0 Å². The molecular weight excluding hydrogens is 174 g/mol. The minimum absolute atomic E-state index is 0.00159. The Bertz CT molecular complexity index is 154. The van der Waals surface area contributed by atoms with Gasteiger partial charge in [0, 0.05) is 13.1 Å². The van der Waals surface area contributed by atoms with Crippen LogP contribution in [0.2, 0.25) is 0 Å². The quantitative estimate of drug-likeness (QED) is 0.693.